The number of hydrogen-bond acceptors (Lipinski definition) is 3. The highest BCUT2D eigenvalue weighted by atomic mass is 16.1. The highest BCUT2D eigenvalue weighted by Gasteiger charge is 2.03. The van der Waals surface area contributed by atoms with Gasteiger partial charge in [0.2, 0.25) is 0 Å². The lowest BCUT2D eigenvalue weighted by atomic mass is 10.2. The predicted molar refractivity (Wildman–Crippen MR) is 57.5 cm³/mol. The molecule has 1 aromatic heterocycles. The Morgan fingerprint density at radius 1 is 1.57 bits per heavy atom. The minimum Gasteiger partial charge on any atom is -0.365 e. The molecular formula is C10H17N3O. The van der Waals surface area contributed by atoms with Gasteiger partial charge in [-0.25, -0.2) is 4.98 Å². The topological polar surface area (TPSA) is 46.9 Å². The quantitative estimate of drug-likeness (QED) is 0.788. The summed E-state index contributed by atoms with van der Waals surface area (Å²) in [6, 6.07) is 0. The van der Waals surface area contributed by atoms with Gasteiger partial charge in [0.1, 0.15) is 0 Å². The van der Waals surface area contributed by atoms with E-state index in [-0.39, 0.29) is 5.56 Å². The number of nitrogens with one attached hydrogen (secondary N) is 1. The molecule has 78 valence electrons. The third-order valence-electron chi connectivity index (χ3n) is 1.93. The van der Waals surface area contributed by atoms with Gasteiger partial charge in [0.15, 0.2) is 5.82 Å². The van der Waals surface area contributed by atoms with E-state index in [1.54, 1.807) is 17.0 Å². The lowest BCUT2D eigenvalue weighted by Crippen LogP contribution is -2.25. The molecule has 0 aliphatic heterocycles. The first-order valence-corrected chi connectivity index (χ1v) is 4.94. The maximum Gasteiger partial charge on any atom is 0.293 e. The summed E-state index contributed by atoms with van der Waals surface area (Å²) in [5, 5.41) is 3.04. The third kappa shape index (κ3) is 2.58. The Balaban J connectivity index is 2.82. The van der Waals surface area contributed by atoms with Gasteiger partial charge in [0.25, 0.3) is 5.56 Å². The predicted octanol–water partition coefficient (Wildman–Crippen LogP) is 1.33. The lowest BCUT2D eigenvalue weighted by molar-refractivity contribution is 0.677. The second-order valence-corrected chi connectivity index (χ2v) is 3.64. The molecule has 14 heavy (non-hydrogen) atoms. The molecule has 0 aliphatic carbocycles. The Morgan fingerprint density at radius 3 is 2.86 bits per heavy atom. The number of nitrogens with zero attached hydrogens (tertiary/aromatic N) is 2. The van der Waals surface area contributed by atoms with Gasteiger partial charge < -0.3 is 9.88 Å². The molecule has 0 radical (unpaired) electrons. The van der Waals surface area contributed by atoms with Crippen molar-refractivity contribution in [2.45, 2.75) is 27.3 Å². The molecule has 0 saturated carbocycles. The molecule has 0 atom stereocenters. The maximum atomic E-state index is 11.7. The van der Waals surface area contributed by atoms with Gasteiger partial charge in [0, 0.05) is 25.5 Å². The Labute approximate surface area is 84.0 Å². The molecular weight excluding hydrogens is 178 g/mol. The van der Waals surface area contributed by atoms with Gasteiger partial charge in [-0.05, 0) is 12.8 Å². The molecule has 0 aliphatic rings. The molecule has 1 heterocycles. The van der Waals surface area contributed by atoms with Crippen molar-refractivity contribution < 1.29 is 0 Å². The Morgan fingerprint density at radius 2 is 2.29 bits per heavy atom. The molecule has 0 saturated heterocycles. The van der Waals surface area contributed by atoms with Crippen LogP contribution in [-0.4, -0.2) is 16.1 Å². The van der Waals surface area contributed by atoms with E-state index in [1.807, 2.05) is 6.92 Å². The first kappa shape index (κ1) is 10.8. The fourth-order valence-corrected chi connectivity index (χ4v) is 1.12. The van der Waals surface area contributed by atoms with Gasteiger partial charge >= 0.3 is 0 Å². The highest BCUT2D eigenvalue weighted by molar-refractivity contribution is 5.30. The molecule has 1 rings (SSSR count). The van der Waals surface area contributed by atoms with Gasteiger partial charge in [-0.2, -0.15) is 0 Å². The molecule has 0 spiro atoms. The second kappa shape index (κ2) is 4.79. The monoisotopic (exact) mass is 195 g/mol. The van der Waals surface area contributed by atoms with E-state index in [4.69, 9.17) is 0 Å². The maximum absolute atomic E-state index is 11.7. The van der Waals surface area contributed by atoms with Crippen LogP contribution in [0.15, 0.2) is 17.2 Å². The fraction of sp³-hybridized carbons (Fsp3) is 0.600. The van der Waals surface area contributed by atoms with Crippen LogP contribution in [0.3, 0.4) is 0 Å². The molecule has 0 amide bonds. The van der Waals surface area contributed by atoms with E-state index in [1.165, 1.54) is 0 Å². The number of aryl methyl sites for hydroxylation is 1. The summed E-state index contributed by atoms with van der Waals surface area (Å²) in [4.78, 5) is 15.7. The summed E-state index contributed by atoms with van der Waals surface area (Å²) in [7, 11) is 0. The molecule has 0 aromatic carbocycles. The molecule has 1 aromatic rings. The average molecular weight is 195 g/mol. The lowest BCUT2D eigenvalue weighted by Gasteiger charge is -2.08. The van der Waals surface area contributed by atoms with Crippen LogP contribution in [0.25, 0.3) is 0 Å². The molecule has 1 N–H and O–H groups in total. The van der Waals surface area contributed by atoms with Crippen molar-refractivity contribution in [3.63, 3.8) is 0 Å². The van der Waals surface area contributed by atoms with Crippen molar-refractivity contribution in [3.05, 3.63) is 22.7 Å². The van der Waals surface area contributed by atoms with Crippen LogP contribution >= 0.6 is 0 Å². The van der Waals surface area contributed by atoms with Crippen LogP contribution < -0.4 is 10.9 Å². The minimum atomic E-state index is -0.0457. The van der Waals surface area contributed by atoms with Crippen LogP contribution in [0.4, 0.5) is 5.82 Å². The van der Waals surface area contributed by atoms with Gasteiger partial charge in [-0.15, -0.1) is 0 Å². The standard InChI is InChI=1S/C10H17N3O/c1-4-13-6-5-11-9(10(13)14)12-7-8(2)3/h5-6,8H,4,7H2,1-3H3,(H,11,12). The second-order valence-electron chi connectivity index (χ2n) is 3.64. The minimum absolute atomic E-state index is 0.0457. The Bertz CT molecular complexity index is 343. The number of anilines is 1. The van der Waals surface area contributed by atoms with Crippen molar-refractivity contribution in [2.24, 2.45) is 5.92 Å². The number of hydrogen-bond donors (Lipinski definition) is 1. The molecule has 4 heteroatoms. The van der Waals surface area contributed by atoms with Crippen LogP contribution in [-0.2, 0) is 6.54 Å². The summed E-state index contributed by atoms with van der Waals surface area (Å²) in [6.45, 7) is 7.57. The smallest absolute Gasteiger partial charge is 0.293 e. The van der Waals surface area contributed by atoms with Crippen molar-refractivity contribution >= 4 is 5.82 Å². The van der Waals surface area contributed by atoms with E-state index in [2.05, 4.69) is 24.1 Å². The van der Waals surface area contributed by atoms with E-state index >= 15 is 0 Å². The van der Waals surface area contributed by atoms with Gasteiger partial charge in [-0.3, -0.25) is 4.79 Å². The van der Waals surface area contributed by atoms with Crippen molar-refractivity contribution in [2.75, 3.05) is 11.9 Å². The van der Waals surface area contributed by atoms with E-state index in [0.29, 0.717) is 18.3 Å². The summed E-state index contributed by atoms with van der Waals surface area (Å²) >= 11 is 0. The fourth-order valence-electron chi connectivity index (χ4n) is 1.12. The summed E-state index contributed by atoms with van der Waals surface area (Å²) in [5.41, 5.74) is -0.0457. The van der Waals surface area contributed by atoms with Crippen molar-refractivity contribution in [1.29, 1.82) is 0 Å². The Kier molecular flexibility index (Phi) is 3.68. The summed E-state index contributed by atoms with van der Waals surface area (Å²) in [6.07, 6.45) is 3.34. The summed E-state index contributed by atoms with van der Waals surface area (Å²) < 4.78 is 1.63. The van der Waals surface area contributed by atoms with Gasteiger partial charge in [0.05, 0.1) is 0 Å². The molecule has 0 unspecified atom stereocenters. The van der Waals surface area contributed by atoms with E-state index in [0.717, 1.165) is 6.54 Å². The normalized spacial score (nSPS) is 10.6. The van der Waals surface area contributed by atoms with Gasteiger partial charge in [-0.1, -0.05) is 13.8 Å². The summed E-state index contributed by atoms with van der Waals surface area (Å²) in [5.74, 6) is 0.953. The zero-order chi connectivity index (χ0) is 10.6. The first-order valence-electron chi connectivity index (χ1n) is 4.94. The van der Waals surface area contributed by atoms with Crippen molar-refractivity contribution in [3.8, 4) is 0 Å². The zero-order valence-electron chi connectivity index (χ0n) is 8.95. The highest BCUT2D eigenvalue weighted by Crippen LogP contribution is 1.96. The first-order chi connectivity index (χ1) is 6.65. The largest absolute Gasteiger partial charge is 0.365 e. The number of aromatic nitrogens is 2. The van der Waals surface area contributed by atoms with E-state index < -0.39 is 0 Å². The Hall–Kier alpha value is -1.32. The van der Waals surface area contributed by atoms with Crippen LogP contribution in [0, 0.1) is 5.92 Å². The van der Waals surface area contributed by atoms with Crippen LogP contribution in [0.1, 0.15) is 20.8 Å². The van der Waals surface area contributed by atoms with Crippen LogP contribution in [0.2, 0.25) is 0 Å². The van der Waals surface area contributed by atoms with E-state index in [9.17, 15) is 4.79 Å². The molecule has 4 nitrogen and oxygen atoms in total. The molecule has 0 bridgehead atoms. The third-order valence-corrected chi connectivity index (χ3v) is 1.93. The average Bonchev–Trinajstić information content (AvgIpc) is 2.16. The molecule has 0 fully saturated rings. The van der Waals surface area contributed by atoms with Crippen LogP contribution in [0.5, 0.6) is 0 Å². The van der Waals surface area contributed by atoms with Crippen molar-refractivity contribution in [1.82, 2.24) is 9.55 Å². The zero-order valence-corrected chi connectivity index (χ0v) is 8.95. The number of rotatable bonds is 4. The SMILES string of the molecule is CCn1ccnc(NCC(C)C)c1=O.